The molecule has 11 heteroatoms. The maximum absolute atomic E-state index is 13.5. The third kappa shape index (κ3) is 3.93. The van der Waals surface area contributed by atoms with Crippen molar-refractivity contribution in [1.29, 1.82) is 0 Å². The Morgan fingerprint density at radius 3 is 2.53 bits per heavy atom. The Morgan fingerprint density at radius 1 is 1.09 bits per heavy atom. The lowest BCUT2D eigenvalue weighted by molar-refractivity contribution is -0.137. The molecule has 4 rings (SSSR count). The molecule has 32 heavy (non-hydrogen) atoms. The molecule has 2 aromatic carbocycles. The van der Waals surface area contributed by atoms with Gasteiger partial charge in [-0.15, -0.1) is 15.3 Å². The summed E-state index contributed by atoms with van der Waals surface area (Å²) >= 11 is 0. The number of hydrogen-bond acceptors (Lipinski definition) is 7. The first-order chi connectivity index (χ1) is 15.1. The van der Waals surface area contributed by atoms with Crippen LogP contribution in [0.2, 0.25) is 0 Å². The highest BCUT2D eigenvalue weighted by atomic mass is 19.4. The van der Waals surface area contributed by atoms with E-state index in [0.717, 1.165) is 6.07 Å². The summed E-state index contributed by atoms with van der Waals surface area (Å²) in [5, 5.41) is 12.3. The third-order valence-corrected chi connectivity index (χ3v) is 4.94. The van der Waals surface area contributed by atoms with E-state index in [1.165, 1.54) is 22.8 Å². The number of hydrogen-bond donors (Lipinski definition) is 2. The van der Waals surface area contributed by atoms with E-state index >= 15 is 0 Å². The van der Waals surface area contributed by atoms with Crippen molar-refractivity contribution >= 4 is 11.6 Å². The number of anilines is 1. The van der Waals surface area contributed by atoms with Crippen LogP contribution >= 0.6 is 0 Å². The van der Waals surface area contributed by atoms with Crippen LogP contribution in [-0.2, 0) is 23.6 Å². The highest BCUT2D eigenvalue weighted by molar-refractivity contribution is 5.98. The van der Waals surface area contributed by atoms with E-state index in [-0.39, 0.29) is 18.1 Å². The Labute approximate surface area is 181 Å². The smallest absolute Gasteiger partial charge is 0.417 e. The van der Waals surface area contributed by atoms with Crippen LogP contribution in [0.5, 0.6) is 5.75 Å². The fraction of sp³-hybridized carbons (Fsp3) is 0.286. The summed E-state index contributed by atoms with van der Waals surface area (Å²) in [6.07, 6.45) is -4.52. The average Bonchev–Trinajstić information content (AvgIpc) is 3.39. The number of benzene rings is 2. The Kier molecular flexibility index (Phi) is 5.19. The normalized spacial score (nSPS) is 14.0. The number of hydrazone groups is 1. The van der Waals surface area contributed by atoms with Crippen LogP contribution in [0, 0.1) is 0 Å². The minimum absolute atomic E-state index is 0.0648. The first-order valence-electron chi connectivity index (χ1n) is 9.66. The molecule has 0 saturated heterocycles. The standard InChI is InChI=1S/C21H21F3N6O2/c1-20(2,32-16-9-8-12(25)10-14(16)18-28-26-11-31-18)19-29-27-17(30(19)3)13-6-4-5-7-15(13)21(22,23)24/h4-10,26H,11,25H2,1-3H3. The first-order valence-corrected chi connectivity index (χ1v) is 9.66. The molecule has 1 aliphatic rings. The predicted molar refractivity (Wildman–Crippen MR) is 112 cm³/mol. The fourth-order valence-corrected chi connectivity index (χ4v) is 3.51. The second-order valence-electron chi connectivity index (χ2n) is 7.68. The van der Waals surface area contributed by atoms with Crippen LogP contribution < -0.4 is 15.9 Å². The summed E-state index contributed by atoms with van der Waals surface area (Å²) < 4.78 is 53.7. The molecule has 1 aliphatic heterocycles. The molecular weight excluding hydrogens is 425 g/mol. The predicted octanol–water partition coefficient (Wildman–Crippen LogP) is 3.64. The van der Waals surface area contributed by atoms with Crippen LogP contribution in [0.4, 0.5) is 18.9 Å². The zero-order valence-electron chi connectivity index (χ0n) is 17.6. The SMILES string of the molecule is Cn1c(-c2ccccc2C(F)(F)F)nnc1C(C)(C)Oc1ccc(N)cc1C1=NNCO1. The minimum atomic E-state index is -4.52. The number of nitrogens with zero attached hydrogens (tertiary/aromatic N) is 4. The molecular formula is C21H21F3N6O2. The van der Waals surface area contributed by atoms with Crippen molar-refractivity contribution < 1.29 is 22.6 Å². The fourth-order valence-electron chi connectivity index (χ4n) is 3.51. The topological polar surface area (TPSA) is 99.6 Å². The number of nitrogen functional groups attached to an aromatic ring is 1. The molecule has 2 heterocycles. The van der Waals surface area contributed by atoms with Crippen molar-refractivity contribution in [3.8, 4) is 17.1 Å². The zero-order chi connectivity index (χ0) is 23.1. The van der Waals surface area contributed by atoms with Crippen LogP contribution in [-0.4, -0.2) is 27.4 Å². The van der Waals surface area contributed by atoms with E-state index in [1.807, 2.05) is 0 Å². The Hall–Kier alpha value is -3.76. The van der Waals surface area contributed by atoms with Gasteiger partial charge < -0.3 is 19.8 Å². The lowest BCUT2D eigenvalue weighted by Gasteiger charge is -2.27. The molecule has 0 atom stereocenters. The molecule has 0 spiro atoms. The summed E-state index contributed by atoms with van der Waals surface area (Å²) in [4.78, 5) is 0. The molecule has 0 amide bonds. The van der Waals surface area contributed by atoms with E-state index in [1.54, 1.807) is 39.1 Å². The van der Waals surface area contributed by atoms with Crippen molar-refractivity contribution in [3.63, 3.8) is 0 Å². The summed E-state index contributed by atoms with van der Waals surface area (Å²) in [7, 11) is 1.60. The number of alkyl halides is 3. The van der Waals surface area contributed by atoms with Gasteiger partial charge in [-0.05, 0) is 38.1 Å². The number of nitrogens with one attached hydrogen (secondary N) is 1. The molecule has 3 aromatic rings. The van der Waals surface area contributed by atoms with E-state index in [0.29, 0.717) is 28.7 Å². The van der Waals surface area contributed by atoms with Crippen LogP contribution in [0.1, 0.15) is 30.8 Å². The number of aromatic nitrogens is 3. The van der Waals surface area contributed by atoms with Crippen molar-refractivity contribution in [3.05, 3.63) is 59.4 Å². The van der Waals surface area contributed by atoms with E-state index in [4.69, 9.17) is 15.2 Å². The molecule has 0 unspecified atom stereocenters. The van der Waals surface area contributed by atoms with Crippen LogP contribution in [0.25, 0.3) is 11.4 Å². The summed E-state index contributed by atoms with van der Waals surface area (Å²) in [5.74, 6) is 1.15. The first kappa shape index (κ1) is 21.5. The van der Waals surface area contributed by atoms with Gasteiger partial charge in [0.2, 0.25) is 5.90 Å². The van der Waals surface area contributed by atoms with Crippen molar-refractivity contribution in [2.45, 2.75) is 25.6 Å². The van der Waals surface area contributed by atoms with Crippen molar-refractivity contribution in [2.75, 3.05) is 12.5 Å². The van der Waals surface area contributed by atoms with Gasteiger partial charge in [0.1, 0.15) is 5.75 Å². The maximum Gasteiger partial charge on any atom is 0.417 e. The van der Waals surface area contributed by atoms with Gasteiger partial charge in [-0.2, -0.15) is 13.2 Å². The van der Waals surface area contributed by atoms with Gasteiger partial charge in [-0.25, -0.2) is 0 Å². The maximum atomic E-state index is 13.5. The minimum Gasteiger partial charge on any atom is -0.479 e. The van der Waals surface area contributed by atoms with Gasteiger partial charge in [0, 0.05) is 18.3 Å². The molecule has 0 saturated carbocycles. The van der Waals surface area contributed by atoms with Crippen LogP contribution in [0.15, 0.2) is 47.6 Å². The number of rotatable bonds is 5. The lowest BCUT2D eigenvalue weighted by atomic mass is 10.1. The molecule has 0 radical (unpaired) electrons. The quantitative estimate of drug-likeness (QED) is 0.581. The van der Waals surface area contributed by atoms with E-state index in [2.05, 4.69) is 20.7 Å². The highest BCUT2D eigenvalue weighted by Crippen LogP contribution is 2.37. The van der Waals surface area contributed by atoms with Gasteiger partial charge in [0.15, 0.2) is 24.0 Å². The molecule has 0 bridgehead atoms. The molecule has 3 N–H and O–H groups in total. The number of halogens is 3. The summed E-state index contributed by atoms with van der Waals surface area (Å²) in [6, 6.07) is 10.2. The van der Waals surface area contributed by atoms with E-state index < -0.39 is 17.3 Å². The van der Waals surface area contributed by atoms with Gasteiger partial charge >= 0.3 is 6.18 Å². The number of ether oxygens (including phenoxy) is 2. The highest BCUT2D eigenvalue weighted by Gasteiger charge is 2.36. The van der Waals surface area contributed by atoms with Gasteiger partial charge in [0.25, 0.3) is 0 Å². The molecule has 8 nitrogen and oxygen atoms in total. The summed E-state index contributed by atoms with van der Waals surface area (Å²) in [5.41, 5.74) is 7.73. The van der Waals surface area contributed by atoms with Gasteiger partial charge in [0.05, 0.1) is 11.1 Å². The molecule has 0 fully saturated rings. The summed E-state index contributed by atoms with van der Waals surface area (Å²) in [6.45, 7) is 3.70. The molecule has 1 aromatic heterocycles. The second kappa shape index (κ2) is 7.74. The third-order valence-electron chi connectivity index (χ3n) is 4.94. The Morgan fingerprint density at radius 2 is 1.84 bits per heavy atom. The Bertz CT molecular complexity index is 1190. The average molecular weight is 446 g/mol. The van der Waals surface area contributed by atoms with E-state index in [9.17, 15) is 13.2 Å². The lowest BCUT2D eigenvalue weighted by Crippen LogP contribution is -2.30. The Balaban J connectivity index is 1.72. The van der Waals surface area contributed by atoms with Gasteiger partial charge in [-0.3, -0.25) is 5.43 Å². The number of nitrogens with two attached hydrogens (primary N) is 1. The second-order valence-corrected chi connectivity index (χ2v) is 7.68. The molecule has 168 valence electrons. The van der Waals surface area contributed by atoms with Crippen LogP contribution in [0.3, 0.4) is 0 Å². The van der Waals surface area contributed by atoms with Gasteiger partial charge in [-0.1, -0.05) is 18.2 Å². The zero-order valence-corrected chi connectivity index (χ0v) is 17.6. The molecule has 0 aliphatic carbocycles. The van der Waals surface area contributed by atoms with Crippen molar-refractivity contribution in [2.24, 2.45) is 12.1 Å². The van der Waals surface area contributed by atoms with Crippen molar-refractivity contribution in [1.82, 2.24) is 20.2 Å². The largest absolute Gasteiger partial charge is 0.479 e. The monoisotopic (exact) mass is 446 g/mol.